The second-order valence-electron chi connectivity index (χ2n) is 6.20. The summed E-state index contributed by atoms with van der Waals surface area (Å²) >= 11 is 1.79. The fraction of sp³-hybridized carbons (Fsp3) is 0.444. The highest BCUT2D eigenvalue weighted by Crippen LogP contribution is 2.27. The molecule has 3 rings (SSSR count). The van der Waals surface area contributed by atoms with Crippen LogP contribution in [-0.4, -0.2) is 40.3 Å². The molecule has 1 aromatic heterocycles. The molecule has 2 aromatic rings. The van der Waals surface area contributed by atoms with Gasteiger partial charge in [-0.2, -0.15) is 16.9 Å². The number of H-pyrrole nitrogens is 1. The maximum absolute atomic E-state index is 12.7. The van der Waals surface area contributed by atoms with Gasteiger partial charge in [0.2, 0.25) is 0 Å². The van der Waals surface area contributed by atoms with Gasteiger partial charge in [0.1, 0.15) is 0 Å². The van der Waals surface area contributed by atoms with Crippen molar-refractivity contribution >= 4 is 17.7 Å². The molecule has 0 bridgehead atoms. The van der Waals surface area contributed by atoms with E-state index in [0.717, 1.165) is 48.6 Å². The molecule has 23 heavy (non-hydrogen) atoms. The van der Waals surface area contributed by atoms with Gasteiger partial charge < -0.3 is 4.90 Å². The topological polar surface area (TPSA) is 49.0 Å². The van der Waals surface area contributed by atoms with Crippen molar-refractivity contribution in [2.75, 3.05) is 19.3 Å². The first-order valence-corrected chi connectivity index (χ1v) is 9.46. The molecule has 1 fully saturated rings. The third-order valence-electron chi connectivity index (χ3n) is 4.36. The third kappa shape index (κ3) is 3.78. The third-order valence-corrected chi connectivity index (χ3v) is 4.99. The van der Waals surface area contributed by atoms with Crippen LogP contribution in [0, 0.1) is 6.92 Å². The number of aromatic amines is 1. The summed E-state index contributed by atoms with van der Waals surface area (Å²) in [6.45, 7) is 3.61. The van der Waals surface area contributed by atoms with E-state index in [0.29, 0.717) is 5.92 Å². The van der Waals surface area contributed by atoms with E-state index in [4.69, 9.17) is 0 Å². The predicted octanol–water partition coefficient (Wildman–Crippen LogP) is 3.60. The molecule has 0 radical (unpaired) electrons. The summed E-state index contributed by atoms with van der Waals surface area (Å²) in [4.78, 5) is 14.7. The number of hydrogen-bond donors (Lipinski definition) is 1. The number of aryl methyl sites for hydroxylation is 1. The van der Waals surface area contributed by atoms with Crippen LogP contribution in [0.25, 0.3) is 0 Å². The highest BCUT2D eigenvalue weighted by atomic mass is 32.2. The molecule has 1 unspecified atom stereocenters. The quantitative estimate of drug-likeness (QED) is 0.932. The molecule has 2 heterocycles. The molecule has 1 aromatic carbocycles. The van der Waals surface area contributed by atoms with Crippen molar-refractivity contribution < 1.29 is 4.79 Å². The number of benzene rings is 1. The van der Waals surface area contributed by atoms with Crippen LogP contribution in [0.15, 0.2) is 30.3 Å². The molecular formula is C18H23N3OS. The monoisotopic (exact) mass is 329 g/mol. The summed E-state index contributed by atoms with van der Waals surface area (Å²) in [6.07, 6.45) is 4.22. The van der Waals surface area contributed by atoms with Crippen molar-refractivity contribution in [1.82, 2.24) is 15.1 Å². The lowest BCUT2D eigenvalue weighted by Gasteiger charge is -2.32. The molecule has 1 saturated heterocycles. The number of likely N-dealkylation sites (tertiary alicyclic amines) is 1. The first-order chi connectivity index (χ1) is 11.2. The van der Waals surface area contributed by atoms with Gasteiger partial charge in [0.25, 0.3) is 5.91 Å². The Balaban J connectivity index is 1.69. The van der Waals surface area contributed by atoms with Crippen LogP contribution in [0.3, 0.4) is 0 Å². The maximum Gasteiger partial charge on any atom is 0.253 e. The Kier molecular flexibility index (Phi) is 5.06. The van der Waals surface area contributed by atoms with Gasteiger partial charge in [0.15, 0.2) is 0 Å². The number of piperidine rings is 1. The van der Waals surface area contributed by atoms with E-state index in [1.165, 1.54) is 5.56 Å². The molecule has 1 amide bonds. The number of carbonyl (C=O) groups excluding carboxylic acids is 1. The standard InChI is InChI=1S/C18H23N3OS/c1-13-10-17(20-19-13)16-4-3-9-21(11-16)18(22)15-7-5-14(6-8-15)12-23-2/h5-8,10,16H,3-4,9,11-12H2,1-2H3,(H,19,20). The fourth-order valence-electron chi connectivity index (χ4n) is 3.14. The number of aromatic nitrogens is 2. The van der Waals surface area contributed by atoms with Crippen molar-refractivity contribution in [3.8, 4) is 0 Å². The van der Waals surface area contributed by atoms with Crippen LogP contribution in [-0.2, 0) is 5.75 Å². The number of carbonyl (C=O) groups is 1. The van der Waals surface area contributed by atoms with Crippen LogP contribution < -0.4 is 0 Å². The Bertz CT molecular complexity index is 665. The number of rotatable bonds is 4. The molecule has 4 nitrogen and oxygen atoms in total. The Hall–Kier alpha value is -1.75. The summed E-state index contributed by atoms with van der Waals surface area (Å²) in [5.41, 5.74) is 4.20. The van der Waals surface area contributed by atoms with Crippen LogP contribution in [0.4, 0.5) is 0 Å². The van der Waals surface area contributed by atoms with Crippen molar-refractivity contribution in [3.05, 3.63) is 52.8 Å². The van der Waals surface area contributed by atoms with E-state index >= 15 is 0 Å². The van der Waals surface area contributed by atoms with E-state index in [2.05, 4.69) is 34.7 Å². The zero-order valence-electron chi connectivity index (χ0n) is 13.7. The van der Waals surface area contributed by atoms with Gasteiger partial charge in [-0.25, -0.2) is 0 Å². The average Bonchev–Trinajstić information content (AvgIpc) is 3.02. The Morgan fingerprint density at radius 3 is 2.83 bits per heavy atom. The second kappa shape index (κ2) is 7.21. The van der Waals surface area contributed by atoms with Gasteiger partial charge in [0.05, 0.1) is 5.69 Å². The van der Waals surface area contributed by atoms with E-state index in [1.54, 1.807) is 11.8 Å². The largest absolute Gasteiger partial charge is 0.338 e. The number of thioether (sulfide) groups is 1. The molecule has 0 spiro atoms. The summed E-state index contributed by atoms with van der Waals surface area (Å²) in [6, 6.07) is 10.1. The lowest BCUT2D eigenvalue weighted by Crippen LogP contribution is -2.39. The summed E-state index contributed by atoms with van der Waals surface area (Å²) in [5.74, 6) is 1.46. The lowest BCUT2D eigenvalue weighted by atomic mass is 9.94. The summed E-state index contributed by atoms with van der Waals surface area (Å²) in [7, 11) is 0. The molecule has 0 aliphatic carbocycles. The fourth-order valence-corrected chi connectivity index (χ4v) is 3.67. The van der Waals surface area contributed by atoms with Gasteiger partial charge in [-0.3, -0.25) is 9.89 Å². The van der Waals surface area contributed by atoms with Gasteiger partial charge >= 0.3 is 0 Å². The zero-order valence-corrected chi connectivity index (χ0v) is 14.5. The lowest BCUT2D eigenvalue weighted by molar-refractivity contribution is 0.0706. The van der Waals surface area contributed by atoms with Crippen LogP contribution in [0.5, 0.6) is 0 Å². The van der Waals surface area contributed by atoms with E-state index in [9.17, 15) is 4.79 Å². The van der Waals surface area contributed by atoms with Crippen molar-refractivity contribution in [2.24, 2.45) is 0 Å². The highest BCUT2D eigenvalue weighted by Gasteiger charge is 2.26. The first kappa shape index (κ1) is 16.1. The Morgan fingerprint density at radius 2 is 2.17 bits per heavy atom. The average molecular weight is 329 g/mol. The molecule has 0 saturated carbocycles. The van der Waals surface area contributed by atoms with Crippen molar-refractivity contribution in [2.45, 2.75) is 31.4 Å². The predicted molar refractivity (Wildman–Crippen MR) is 94.9 cm³/mol. The molecule has 1 aliphatic rings. The minimum Gasteiger partial charge on any atom is -0.338 e. The van der Waals surface area contributed by atoms with Crippen molar-refractivity contribution in [1.29, 1.82) is 0 Å². The normalized spacial score (nSPS) is 18.2. The van der Waals surface area contributed by atoms with Crippen LogP contribution in [0.1, 0.15) is 46.1 Å². The smallest absolute Gasteiger partial charge is 0.253 e. The molecule has 5 heteroatoms. The second-order valence-corrected chi connectivity index (χ2v) is 7.06. The first-order valence-electron chi connectivity index (χ1n) is 8.06. The number of hydrogen-bond acceptors (Lipinski definition) is 3. The molecule has 1 N–H and O–H groups in total. The SMILES string of the molecule is CSCc1ccc(C(=O)N2CCCC(c3cc(C)[nH]n3)C2)cc1. The van der Waals surface area contributed by atoms with Gasteiger partial charge in [-0.1, -0.05) is 12.1 Å². The van der Waals surface area contributed by atoms with Crippen LogP contribution >= 0.6 is 11.8 Å². The Labute approximate surface area is 141 Å². The minimum absolute atomic E-state index is 0.137. The van der Waals surface area contributed by atoms with E-state index in [1.807, 2.05) is 24.0 Å². The summed E-state index contributed by atoms with van der Waals surface area (Å²) < 4.78 is 0. The minimum atomic E-state index is 0.137. The van der Waals surface area contributed by atoms with Crippen LogP contribution in [0.2, 0.25) is 0 Å². The number of nitrogens with zero attached hydrogens (tertiary/aromatic N) is 2. The molecular weight excluding hydrogens is 306 g/mol. The van der Waals surface area contributed by atoms with Crippen molar-refractivity contribution in [3.63, 3.8) is 0 Å². The highest BCUT2D eigenvalue weighted by molar-refractivity contribution is 7.97. The maximum atomic E-state index is 12.7. The zero-order chi connectivity index (χ0) is 16.2. The van der Waals surface area contributed by atoms with Gasteiger partial charge in [-0.05, 0) is 49.8 Å². The molecule has 1 aliphatic heterocycles. The van der Waals surface area contributed by atoms with E-state index in [-0.39, 0.29) is 5.91 Å². The number of nitrogens with one attached hydrogen (secondary N) is 1. The molecule has 122 valence electrons. The Morgan fingerprint density at radius 1 is 1.39 bits per heavy atom. The molecule has 1 atom stereocenters. The van der Waals surface area contributed by atoms with Gasteiger partial charge in [0, 0.05) is 36.0 Å². The van der Waals surface area contributed by atoms with E-state index < -0.39 is 0 Å². The summed E-state index contributed by atoms with van der Waals surface area (Å²) in [5, 5.41) is 7.38. The van der Waals surface area contributed by atoms with Gasteiger partial charge in [-0.15, -0.1) is 0 Å². The number of amides is 1.